The average Bonchev–Trinajstić information content (AvgIpc) is 2.53. The van der Waals surface area contributed by atoms with Crippen LogP contribution in [0.1, 0.15) is 38.1 Å². The Balaban J connectivity index is 2.87. The van der Waals surface area contributed by atoms with Crippen molar-refractivity contribution in [2.24, 2.45) is 0 Å². The summed E-state index contributed by atoms with van der Waals surface area (Å²) >= 11 is 0. The van der Waals surface area contributed by atoms with E-state index in [1.54, 1.807) is 20.8 Å². The first-order valence-electron chi connectivity index (χ1n) is 8.09. The molecule has 0 spiro atoms. The van der Waals surface area contributed by atoms with Crippen LogP contribution in [0.15, 0.2) is 18.2 Å². The molecule has 0 aromatic heterocycles. The van der Waals surface area contributed by atoms with Crippen molar-refractivity contribution in [3.63, 3.8) is 0 Å². The number of ether oxygens (including phenoxy) is 2. The van der Waals surface area contributed by atoms with Crippen LogP contribution in [0.4, 0.5) is 11.4 Å². The van der Waals surface area contributed by atoms with E-state index < -0.39 is 28.4 Å². The lowest BCUT2D eigenvalue weighted by Crippen LogP contribution is -2.46. The molecule has 0 aliphatic rings. The van der Waals surface area contributed by atoms with E-state index in [0.29, 0.717) is 13.2 Å². The molecule has 1 atom stereocenters. The minimum Gasteiger partial charge on any atom is -0.449 e. The quantitative estimate of drug-likeness (QED) is 0.312. The van der Waals surface area contributed by atoms with Gasteiger partial charge in [-0.15, -0.1) is 0 Å². The van der Waals surface area contributed by atoms with Gasteiger partial charge in [0.2, 0.25) is 0 Å². The number of hydrogen-bond donors (Lipinski definition) is 2. The summed E-state index contributed by atoms with van der Waals surface area (Å²) in [5.74, 6) is -1.26. The maximum atomic E-state index is 12.2. The van der Waals surface area contributed by atoms with Gasteiger partial charge in [0, 0.05) is 25.3 Å². The maximum Gasteiger partial charge on any atom is 0.339 e. The number of nitrogens with zero attached hydrogens (tertiary/aromatic N) is 1. The molecule has 0 fully saturated rings. The molecule has 0 aliphatic heterocycles. The fourth-order valence-corrected chi connectivity index (χ4v) is 2.00. The average molecular weight is 367 g/mol. The van der Waals surface area contributed by atoms with E-state index in [0.717, 1.165) is 6.07 Å². The molecule has 0 radical (unpaired) electrons. The Bertz CT molecular complexity index is 669. The van der Waals surface area contributed by atoms with E-state index in [1.807, 2.05) is 0 Å². The number of nitro benzene ring substituents is 1. The predicted octanol–water partition coefficient (Wildman–Crippen LogP) is 2.11. The zero-order valence-electron chi connectivity index (χ0n) is 15.6. The van der Waals surface area contributed by atoms with Crippen LogP contribution in [-0.4, -0.2) is 48.7 Å². The lowest BCUT2D eigenvalue weighted by molar-refractivity contribution is -0.384. The second kappa shape index (κ2) is 9.14. The highest BCUT2D eigenvalue weighted by atomic mass is 16.6. The number of nitrogens with one attached hydrogen (secondary N) is 2. The van der Waals surface area contributed by atoms with Gasteiger partial charge in [0.15, 0.2) is 6.10 Å². The third-order valence-corrected chi connectivity index (χ3v) is 3.20. The van der Waals surface area contributed by atoms with E-state index in [4.69, 9.17) is 9.47 Å². The van der Waals surface area contributed by atoms with Crippen molar-refractivity contribution in [2.75, 3.05) is 25.6 Å². The molecule has 144 valence electrons. The number of anilines is 1. The van der Waals surface area contributed by atoms with Crippen LogP contribution in [0.3, 0.4) is 0 Å². The molecule has 0 heterocycles. The van der Waals surface area contributed by atoms with Crippen LogP contribution in [-0.2, 0) is 14.3 Å². The van der Waals surface area contributed by atoms with Crippen molar-refractivity contribution in [2.45, 2.75) is 39.3 Å². The summed E-state index contributed by atoms with van der Waals surface area (Å²) < 4.78 is 9.99. The van der Waals surface area contributed by atoms with Crippen LogP contribution in [0.5, 0.6) is 0 Å². The minimum absolute atomic E-state index is 0.00981. The molecule has 1 amide bonds. The van der Waals surface area contributed by atoms with Crippen molar-refractivity contribution < 1.29 is 24.0 Å². The first kappa shape index (κ1) is 21.4. The minimum atomic E-state index is -1.03. The van der Waals surface area contributed by atoms with Crippen molar-refractivity contribution in [1.82, 2.24) is 5.32 Å². The number of benzene rings is 1. The lowest BCUT2D eigenvalue weighted by Gasteiger charge is -2.23. The molecule has 9 nitrogen and oxygen atoms in total. The van der Waals surface area contributed by atoms with Crippen LogP contribution in [0, 0.1) is 10.1 Å². The number of esters is 1. The third kappa shape index (κ3) is 6.67. The number of carbonyl (C=O) groups excluding carboxylic acids is 2. The molecule has 0 aliphatic carbocycles. The van der Waals surface area contributed by atoms with E-state index in [9.17, 15) is 19.7 Å². The van der Waals surface area contributed by atoms with Gasteiger partial charge in [-0.05, 0) is 39.8 Å². The summed E-state index contributed by atoms with van der Waals surface area (Å²) in [5.41, 5.74) is -0.472. The van der Waals surface area contributed by atoms with E-state index >= 15 is 0 Å². The number of methoxy groups -OCH3 is 1. The highest BCUT2D eigenvalue weighted by molar-refractivity contribution is 5.93. The molecule has 2 N–H and O–H groups in total. The summed E-state index contributed by atoms with van der Waals surface area (Å²) in [6.45, 7) is 7.61. The Hall–Kier alpha value is -2.68. The zero-order chi connectivity index (χ0) is 19.9. The second-order valence-corrected chi connectivity index (χ2v) is 6.70. The summed E-state index contributed by atoms with van der Waals surface area (Å²) in [6, 6.07) is 3.94. The molecule has 1 aromatic rings. The molecular formula is C17H25N3O6. The largest absolute Gasteiger partial charge is 0.449 e. The summed E-state index contributed by atoms with van der Waals surface area (Å²) in [5, 5.41) is 16.8. The fourth-order valence-electron chi connectivity index (χ4n) is 2.00. The molecule has 26 heavy (non-hydrogen) atoms. The Labute approximate surface area is 152 Å². The van der Waals surface area contributed by atoms with Crippen LogP contribution in [0.25, 0.3) is 0 Å². The van der Waals surface area contributed by atoms with Crippen molar-refractivity contribution in [3.05, 3.63) is 33.9 Å². The zero-order valence-corrected chi connectivity index (χ0v) is 15.6. The first-order valence-corrected chi connectivity index (χ1v) is 8.09. The summed E-state index contributed by atoms with van der Waals surface area (Å²) in [4.78, 5) is 34.8. The van der Waals surface area contributed by atoms with Crippen molar-refractivity contribution >= 4 is 23.3 Å². The van der Waals surface area contributed by atoms with Crippen LogP contribution >= 0.6 is 0 Å². The first-order chi connectivity index (χ1) is 12.0. The van der Waals surface area contributed by atoms with Gasteiger partial charge in [-0.3, -0.25) is 14.9 Å². The van der Waals surface area contributed by atoms with Gasteiger partial charge in [0.05, 0.1) is 17.1 Å². The Morgan fingerprint density at radius 2 is 1.96 bits per heavy atom. The molecular weight excluding hydrogens is 342 g/mol. The van der Waals surface area contributed by atoms with Gasteiger partial charge in [-0.1, -0.05) is 0 Å². The Kier molecular flexibility index (Phi) is 7.51. The Morgan fingerprint density at radius 1 is 1.31 bits per heavy atom. The topological polar surface area (TPSA) is 120 Å². The van der Waals surface area contributed by atoms with Gasteiger partial charge < -0.3 is 20.1 Å². The number of nitro groups is 1. The van der Waals surface area contributed by atoms with Gasteiger partial charge >= 0.3 is 5.97 Å². The van der Waals surface area contributed by atoms with Gasteiger partial charge in [0.25, 0.3) is 11.6 Å². The lowest BCUT2D eigenvalue weighted by atomic mass is 10.1. The molecule has 0 unspecified atom stereocenters. The number of rotatable bonds is 8. The van der Waals surface area contributed by atoms with E-state index in [2.05, 4.69) is 10.6 Å². The third-order valence-electron chi connectivity index (χ3n) is 3.20. The Morgan fingerprint density at radius 3 is 2.50 bits per heavy atom. The van der Waals surface area contributed by atoms with Gasteiger partial charge in [0.1, 0.15) is 5.69 Å². The second-order valence-electron chi connectivity index (χ2n) is 6.70. The number of hydrogen-bond acceptors (Lipinski definition) is 7. The molecule has 1 rings (SSSR count). The van der Waals surface area contributed by atoms with E-state index in [1.165, 1.54) is 26.2 Å². The van der Waals surface area contributed by atoms with E-state index in [-0.39, 0.29) is 16.9 Å². The predicted molar refractivity (Wildman–Crippen MR) is 96.2 cm³/mol. The SMILES string of the molecule is COCCNc1ccc(C(=O)O[C@H](C)C(=O)NC(C)(C)C)cc1[N+](=O)[O-]. The smallest absolute Gasteiger partial charge is 0.339 e. The van der Waals surface area contributed by atoms with Crippen LogP contribution in [0.2, 0.25) is 0 Å². The normalized spacial score (nSPS) is 12.2. The fraction of sp³-hybridized carbons (Fsp3) is 0.529. The molecule has 0 bridgehead atoms. The monoisotopic (exact) mass is 367 g/mol. The van der Waals surface area contributed by atoms with Gasteiger partial charge in [-0.2, -0.15) is 0 Å². The summed E-state index contributed by atoms with van der Waals surface area (Å²) in [6.07, 6.45) is -1.03. The summed E-state index contributed by atoms with van der Waals surface area (Å²) in [7, 11) is 1.52. The molecule has 0 saturated heterocycles. The molecule has 1 aromatic carbocycles. The maximum absolute atomic E-state index is 12.2. The van der Waals surface area contributed by atoms with Gasteiger partial charge in [-0.25, -0.2) is 4.79 Å². The van der Waals surface area contributed by atoms with Crippen molar-refractivity contribution in [3.8, 4) is 0 Å². The van der Waals surface area contributed by atoms with Crippen LogP contribution < -0.4 is 10.6 Å². The standard InChI is InChI=1S/C17H25N3O6/c1-11(15(21)19-17(2,3)4)26-16(22)12-6-7-13(18-8-9-25-5)14(10-12)20(23)24/h6-7,10-11,18H,8-9H2,1-5H3,(H,19,21)/t11-/m1/s1. The van der Waals surface area contributed by atoms with Crippen molar-refractivity contribution in [1.29, 1.82) is 0 Å². The highest BCUT2D eigenvalue weighted by Gasteiger charge is 2.24. The number of carbonyl (C=O) groups is 2. The highest BCUT2D eigenvalue weighted by Crippen LogP contribution is 2.26. The molecule has 0 saturated carbocycles. The molecule has 9 heteroatoms. The number of amides is 1.